The zero-order valence-electron chi connectivity index (χ0n) is 16.6. The number of carbonyl (C=O) groups excluding carboxylic acids is 3. The van der Waals surface area contributed by atoms with Gasteiger partial charge in [0.05, 0.1) is 12.0 Å². The van der Waals surface area contributed by atoms with Crippen LogP contribution in [0.25, 0.3) is 6.08 Å². The van der Waals surface area contributed by atoms with Gasteiger partial charge in [0.1, 0.15) is 16.6 Å². The van der Waals surface area contributed by atoms with Crippen LogP contribution in [0.5, 0.6) is 5.75 Å². The van der Waals surface area contributed by atoms with Gasteiger partial charge in [-0.3, -0.25) is 19.3 Å². The lowest BCUT2D eigenvalue weighted by atomic mass is 10.2. The number of hydrogen-bond donors (Lipinski definition) is 1. The van der Waals surface area contributed by atoms with Crippen LogP contribution in [0.2, 0.25) is 10.0 Å². The molecule has 1 N–H and O–H groups in total. The van der Waals surface area contributed by atoms with Crippen LogP contribution >= 0.6 is 47.2 Å². The van der Waals surface area contributed by atoms with E-state index in [4.69, 9.17) is 44.9 Å². The largest absolute Gasteiger partial charge is 0.497 e. The first-order valence-corrected chi connectivity index (χ1v) is 11.0. The number of amides is 2. The average Bonchev–Trinajstić information content (AvgIpc) is 2.99. The van der Waals surface area contributed by atoms with Crippen molar-refractivity contribution in [1.29, 1.82) is 0 Å². The topological polar surface area (TPSA) is 84.9 Å². The Bertz CT molecular complexity index is 1090. The predicted octanol–water partition coefficient (Wildman–Crippen LogP) is 4.39. The van der Waals surface area contributed by atoms with Crippen molar-refractivity contribution in [1.82, 2.24) is 4.90 Å². The first-order valence-electron chi connectivity index (χ1n) is 9.06. The van der Waals surface area contributed by atoms with E-state index in [9.17, 15) is 14.4 Å². The average molecular weight is 511 g/mol. The summed E-state index contributed by atoms with van der Waals surface area (Å²) >= 11 is 18.0. The number of nitrogens with one attached hydrogen (secondary N) is 1. The maximum atomic E-state index is 12.6. The molecular weight excluding hydrogens is 495 g/mol. The molecule has 1 aliphatic rings. The van der Waals surface area contributed by atoms with Gasteiger partial charge in [0.25, 0.3) is 11.8 Å². The molecule has 0 aromatic heterocycles. The van der Waals surface area contributed by atoms with Crippen LogP contribution in [0.15, 0.2) is 47.4 Å². The second-order valence-electron chi connectivity index (χ2n) is 6.41. The minimum absolute atomic E-state index is 0.227. The fraction of sp³-hybridized carbons (Fsp3) is 0.143. The third-order valence-electron chi connectivity index (χ3n) is 4.08. The third kappa shape index (κ3) is 6.46. The van der Waals surface area contributed by atoms with E-state index in [1.165, 1.54) is 18.2 Å². The molecule has 0 bridgehead atoms. The van der Waals surface area contributed by atoms with Gasteiger partial charge >= 0.3 is 5.97 Å². The number of thiocarbonyl (C=S) groups is 1. The molecule has 1 fully saturated rings. The highest BCUT2D eigenvalue weighted by atomic mass is 35.5. The molecule has 1 aliphatic heterocycles. The standard InChI is InChI=1S/C21H16Cl2N2O5S2/c1-29-16-4-2-12(3-5-16)6-17-20(28)25(21(31)32-17)10-19(27)30-11-18(26)24-15-8-13(22)7-14(23)9-15/h2-9H,10-11H2,1H3,(H,24,26)/b17-6+. The zero-order valence-corrected chi connectivity index (χ0v) is 19.7. The zero-order chi connectivity index (χ0) is 23.3. The Morgan fingerprint density at radius 2 is 1.81 bits per heavy atom. The molecule has 11 heteroatoms. The lowest BCUT2D eigenvalue weighted by molar-refractivity contribution is -0.148. The second-order valence-corrected chi connectivity index (χ2v) is 8.96. The number of hydrogen-bond acceptors (Lipinski definition) is 7. The Balaban J connectivity index is 1.54. The molecule has 7 nitrogen and oxygen atoms in total. The Hall–Kier alpha value is -2.59. The van der Waals surface area contributed by atoms with E-state index in [1.807, 2.05) is 0 Å². The van der Waals surface area contributed by atoms with Crippen LogP contribution in [0.3, 0.4) is 0 Å². The third-order valence-corrected chi connectivity index (χ3v) is 5.90. The molecule has 2 amide bonds. The monoisotopic (exact) mass is 510 g/mol. The fourth-order valence-electron chi connectivity index (χ4n) is 2.63. The summed E-state index contributed by atoms with van der Waals surface area (Å²) in [6.45, 7) is -0.944. The number of halogens is 2. The highest BCUT2D eigenvalue weighted by Gasteiger charge is 2.33. The summed E-state index contributed by atoms with van der Waals surface area (Å²) in [6.07, 6.45) is 1.67. The van der Waals surface area contributed by atoms with E-state index in [-0.39, 0.29) is 4.32 Å². The van der Waals surface area contributed by atoms with Crippen LogP contribution in [0.4, 0.5) is 5.69 Å². The number of nitrogens with zero attached hydrogens (tertiary/aromatic N) is 1. The van der Waals surface area contributed by atoms with Crippen molar-refractivity contribution < 1.29 is 23.9 Å². The van der Waals surface area contributed by atoms with Crippen molar-refractivity contribution in [3.05, 3.63) is 63.0 Å². The maximum Gasteiger partial charge on any atom is 0.326 e. The van der Waals surface area contributed by atoms with Gasteiger partial charge in [0, 0.05) is 15.7 Å². The maximum absolute atomic E-state index is 12.6. The number of esters is 1. The van der Waals surface area contributed by atoms with Crippen LogP contribution in [0.1, 0.15) is 5.56 Å². The van der Waals surface area contributed by atoms with E-state index in [0.29, 0.717) is 26.4 Å². The van der Waals surface area contributed by atoms with Gasteiger partial charge in [-0.2, -0.15) is 0 Å². The minimum Gasteiger partial charge on any atom is -0.497 e. The summed E-state index contributed by atoms with van der Waals surface area (Å²) in [7, 11) is 1.57. The molecule has 32 heavy (non-hydrogen) atoms. The molecular formula is C21H16Cl2N2O5S2. The molecule has 0 saturated carbocycles. The minimum atomic E-state index is -0.772. The Labute approximate surface area is 203 Å². The quantitative estimate of drug-likeness (QED) is 0.336. The lowest BCUT2D eigenvalue weighted by Crippen LogP contribution is -2.35. The number of ether oxygens (including phenoxy) is 2. The van der Waals surface area contributed by atoms with Gasteiger partial charge in [0.2, 0.25) is 0 Å². The van der Waals surface area contributed by atoms with E-state index in [1.54, 1.807) is 37.5 Å². The normalized spacial score (nSPS) is 14.6. The van der Waals surface area contributed by atoms with E-state index in [2.05, 4.69) is 5.32 Å². The second kappa shape index (κ2) is 10.8. The summed E-state index contributed by atoms with van der Waals surface area (Å²) in [5.41, 5.74) is 1.15. The molecule has 2 aromatic carbocycles. The van der Waals surface area contributed by atoms with E-state index < -0.39 is 30.9 Å². The molecule has 0 atom stereocenters. The molecule has 0 unspecified atom stereocenters. The molecule has 2 aromatic rings. The van der Waals surface area contributed by atoms with E-state index in [0.717, 1.165) is 22.2 Å². The van der Waals surface area contributed by atoms with Gasteiger partial charge in [-0.15, -0.1) is 0 Å². The van der Waals surface area contributed by atoms with Crippen molar-refractivity contribution in [2.24, 2.45) is 0 Å². The van der Waals surface area contributed by atoms with Crippen molar-refractivity contribution in [3.8, 4) is 5.75 Å². The molecule has 1 heterocycles. The number of thioether (sulfide) groups is 1. The van der Waals surface area contributed by atoms with Crippen molar-refractivity contribution in [2.45, 2.75) is 0 Å². The SMILES string of the molecule is COc1ccc(/C=C2/SC(=S)N(CC(=O)OCC(=O)Nc3cc(Cl)cc(Cl)c3)C2=O)cc1. The summed E-state index contributed by atoms with van der Waals surface area (Å²) < 4.78 is 10.3. The van der Waals surface area contributed by atoms with Crippen molar-refractivity contribution in [3.63, 3.8) is 0 Å². The Morgan fingerprint density at radius 1 is 1.16 bits per heavy atom. The fourth-order valence-corrected chi connectivity index (χ4v) is 4.41. The molecule has 166 valence electrons. The first kappa shape index (κ1) is 24.1. The van der Waals surface area contributed by atoms with Gasteiger partial charge in [0.15, 0.2) is 6.61 Å². The summed E-state index contributed by atoms with van der Waals surface area (Å²) in [5.74, 6) is -1.07. The summed E-state index contributed by atoms with van der Waals surface area (Å²) in [6, 6.07) is 11.7. The summed E-state index contributed by atoms with van der Waals surface area (Å²) in [5, 5.41) is 3.22. The molecule has 0 spiro atoms. The van der Waals surface area contributed by atoms with Crippen LogP contribution in [-0.2, 0) is 19.1 Å². The number of rotatable bonds is 7. The van der Waals surface area contributed by atoms with Crippen molar-refractivity contribution >= 4 is 81.0 Å². The number of carbonyl (C=O) groups is 3. The van der Waals surface area contributed by atoms with Gasteiger partial charge in [-0.05, 0) is 42.0 Å². The molecule has 3 rings (SSSR count). The van der Waals surface area contributed by atoms with Gasteiger partial charge in [-0.1, -0.05) is 59.3 Å². The molecule has 0 aliphatic carbocycles. The number of anilines is 1. The number of benzene rings is 2. The highest BCUT2D eigenvalue weighted by molar-refractivity contribution is 8.26. The lowest BCUT2D eigenvalue weighted by Gasteiger charge is -2.13. The molecule has 0 radical (unpaired) electrons. The predicted molar refractivity (Wildman–Crippen MR) is 129 cm³/mol. The summed E-state index contributed by atoms with van der Waals surface area (Å²) in [4.78, 5) is 38.3. The Kier molecular flexibility index (Phi) is 8.14. The Morgan fingerprint density at radius 3 is 2.44 bits per heavy atom. The van der Waals surface area contributed by atoms with Crippen LogP contribution in [-0.4, -0.2) is 47.3 Å². The van der Waals surface area contributed by atoms with Crippen molar-refractivity contribution in [2.75, 3.05) is 25.6 Å². The van der Waals surface area contributed by atoms with Gasteiger partial charge < -0.3 is 14.8 Å². The molecule has 1 saturated heterocycles. The first-order chi connectivity index (χ1) is 15.2. The smallest absolute Gasteiger partial charge is 0.326 e. The van der Waals surface area contributed by atoms with Crippen LogP contribution < -0.4 is 10.1 Å². The highest BCUT2D eigenvalue weighted by Crippen LogP contribution is 2.32. The van der Waals surface area contributed by atoms with Gasteiger partial charge in [-0.25, -0.2) is 0 Å². The van der Waals surface area contributed by atoms with E-state index >= 15 is 0 Å². The van der Waals surface area contributed by atoms with Crippen LogP contribution in [0, 0.1) is 0 Å². The number of methoxy groups -OCH3 is 1.